The molecule has 0 fully saturated rings. The summed E-state index contributed by atoms with van der Waals surface area (Å²) in [6.45, 7) is 4.88. The minimum Gasteiger partial charge on any atom is -0.379 e. The fourth-order valence-corrected chi connectivity index (χ4v) is 2.68. The van der Waals surface area contributed by atoms with E-state index in [1.54, 1.807) is 17.0 Å². The Labute approximate surface area is 135 Å². The molecule has 1 atom stereocenters. The Kier molecular flexibility index (Phi) is 3.98. The number of hydrogen-bond acceptors (Lipinski definition) is 4. The monoisotopic (exact) mass is 306 g/mol. The first-order valence-electron chi connectivity index (χ1n) is 7.63. The second kappa shape index (κ2) is 6.09. The molecule has 1 amide bonds. The van der Waals surface area contributed by atoms with Crippen LogP contribution >= 0.6 is 0 Å². The second-order valence-electron chi connectivity index (χ2n) is 5.97. The molecule has 0 saturated heterocycles. The number of pyridine rings is 1. The number of anilines is 2. The third kappa shape index (κ3) is 2.88. The van der Waals surface area contributed by atoms with Crippen LogP contribution in [-0.4, -0.2) is 23.5 Å². The van der Waals surface area contributed by atoms with E-state index in [-0.39, 0.29) is 11.9 Å². The second-order valence-corrected chi connectivity index (χ2v) is 5.97. The lowest BCUT2D eigenvalue weighted by Crippen LogP contribution is -2.47. The first-order valence-corrected chi connectivity index (χ1v) is 7.63. The summed E-state index contributed by atoms with van der Waals surface area (Å²) >= 11 is 0. The van der Waals surface area contributed by atoms with Crippen LogP contribution < -0.4 is 10.2 Å². The van der Waals surface area contributed by atoms with E-state index < -0.39 is 0 Å². The van der Waals surface area contributed by atoms with Gasteiger partial charge in [-0.3, -0.25) is 4.79 Å². The Morgan fingerprint density at radius 2 is 2.13 bits per heavy atom. The summed E-state index contributed by atoms with van der Waals surface area (Å²) in [6.07, 6.45) is 1.47. The molecule has 1 aliphatic rings. The molecule has 5 heteroatoms. The zero-order valence-corrected chi connectivity index (χ0v) is 13.2. The predicted molar refractivity (Wildman–Crippen MR) is 89.3 cm³/mol. The molecule has 2 aromatic rings. The van der Waals surface area contributed by atoms with Gasteiger partial charge in [0.15, 0.2) is 0 Å². The standard InChI is InChI=1S/C18H18N4O/c1-12(2)16-11-22(17-6-4-3-5-15(17)21-16)18(23)13-7-8-14(9-19)20-10-13/h3-8,10,12,16,21H,11H2,1-2H3. The van der Waals surface area contributed by atoms with Crippen LogP contribution in [0.4, 0.5) is 11.4 Å². The van der Waals surface area contributed by atoms with Gasteiger partial charge in [-0.2, -0.15) is 5.26 Å². The summed E-state index contributed by atoms with van der Waals surface area (Å²) in [6, 6.07) is 13.2. The van der Waals surface area contributed by atoms with Gasteiger partial charge in [-0.1, -0.05) is 26.0 Å². The highest BCUT2D eigenvalue weighted by atomic mass is 16.2. The number of nitrogens with one attached hydrogen (secondary N) is 1. The van der Waals surface area contributed by atoms with Crippen LogP contribution in [0.15, 0.2) is 42.6 Å². The van der Waals surface area contributed by atoms with Crippen molar-refractivity contribution in [2.24, 2.45) is 5.92 Å². The van der Waals surface area contributed by atoms with E-state index >= 15 is 0 Å². The summed E-state index contributed by atoms with van der Waals surface area (Å²) in [4.78, 5) is 18.7. The lowest BCUT2D eigenvalue weighted by atomic mass is 9.99. The minimum absolute atomic E-state index is 0.0958. The molecular weight excluding hydrogens is 288 g/mol. The first-order chi connectivity index (χ1) is 11.1. The Balaban J connectivity index is 1.96. The molecule has 23 heavy (non-hydrogen) atoms. The van der Waals surface area contributed by atoms with Gasteiger partial charge in [-0.25, -0.2) is 4.98 Å². The van der Waals surface area contributed by atoms with Crippen molar-refractivity contribution in [3.63, 3.8) is 0 Å². The van der Waals surface area contributed by atoms with Crippen molar-refractivity contribution in [2.75, 3.05) is 16.8 Å². The lowest BCUT2D eigenvalue weighted by Gasteiger charge is -2.37. The van der Waals surface area contributed by atoms with Crippen LogP contribution in [0.1, 0.15) is 29.9 Å². The Morgan fingerprint density at radius 1 is 1.35 bits per heavy atom. The summed E-state index contributed by atoms with van der Waals surface area (Å²) in [5.74, 6) is 0.305. The van der Waals surface area contributed by atoms with Gasteiger partial charge in [0.05, 0.1) is 16.9 Å². The van der Waals surface area contributed by atoms with Crippen molar-refractivity contribution in [1.82, 2.24) is 4.98 Å². The highest BCUT2D eigenvalue weighted by molar-refractivity contribution is 6.08. The molecule has 0 bridgehead atoms. The molecule has 0 radical (unpaired) electrons. The third-order valence-electron chi connectivity index (χ3n) is 4.09. The molecule has 1 aromatic heterocycles. The van der Waals surface area contributed by atoms with Crippen molar-refractivity contribution >= 4 is 17.3 Å². The van der Waals surface area contributed by atoms with Gasteiger partial charge in [0.25, 0.3) is 5.91 Å². The largest absolute Gasteiger partial charge is 0.379 e. The van der Waals surface area contributed by atoms with Crippen LogP contribution in [-0.2, 0) is 0 Å². The van der Waals surface area contributed by atoms with Gasteiger partial charge in [0.1, 0.15) is 11.8 Å². The minimum atomic E-state index is -0.0958. The smallest absolute Gasteiger partial charge is 0.259 e. The molecule has 1 aromatic carbocycles. The van der Waals surface area contributed by atoms with E-state index in [1.165, 1.54) is 6.20 Å². The van der Waals surface area contributed by atoms with Crippen molar-refractivity contribution in [3.05, 3.63) is 53.9 Å². The summed E-state index contributed by atoms with van der Waals surface area (Å²) in [7, 11) is 0. The zero-order valence-electron chi connectivity index (χ0n) is 13.2. The number of para-hydroxylation sites is 2. The summed E-state index contributed by atoms with van der Waals surface area (Å²) in [5.41, 5.74) is 2.64. The molecule has 1 N–H and O–H groups in total. The fourth-order valence-electron chi connectivity index (χ4n) is 2.68. The van der Waals surface area contributed by atoms with E-state index in [1.807, 2.05) is 30.3 Å². The average molecular weight is 306 g/mol. The zero-order chi connectivity index (χ0) is 16.4. The van der Waals surface area contributed by atoms with Gasteiger partial charge in [0, 0.05) is 18.8 Å². The van der Waals surface area contributed by atoms with Gasteiger partial charge in [0.2, 0.25) is 0 Å². The van der Waals surface area contributed by atoms with Gasteiger partial charge in [-0.05, 0) is 30.2 Å². The highest BCUT2D eigenvalue weighted by Crippen LogP contribution is 2.33. The van der Waals surface area contributed by atoms with E-state index in [4.69, 9.17) is 5.26 Å². The molecule has 0 saturated carbocycles. The van der Waals surface area contributed by atoms with E-state index in [0.717, 1.165) is 11.4 Å². The number of hydrogen-bond donors (Lipinski definition) is 1. The molecule has 0 aliphatic carbocycles. The molecular formula is C18H18N4O. The summed E-state index contributed by atoms with van der Waals surface area (Å²) < 4.78 is 0. The Hall–Kier alpha value is -2.87. The van der Waals surface area contributed by atoms with Crippen LogP contribution in [0.25, 0.3) is 0 Å². The number of carbonyl (C=O) groups excluding carboxylic acids is 1. The molecule has 1 aliphatic heterocycles. The molecule has 5 nitrogen and oxygen atoms in total. The first kappa shape index (κ1) is 15.0. The maximum atomic E-state index is 12.9. The van der Waals surface area contributed by atoms with Crippen LogP contribution in [0.3, 0.4) is 0 Å². The fraction of sp³-hybridized carbons (Fsp3) is 0.278. The molecule has 116 valence electrons. The van der Waals surface area contributed by atoms with Gasteiger partial charge in [-0.15, -0.1) is 0 Å². The topological polar surface area (TPSA) is 69.0 Å². The SMILES string of the molecule is CC(C)C1CN(C(=O)c2ccc(C#N)nc2)c2ccccc2N1. The number of carbonyl (C=O) groups is 1. The molecule has 3 rings (SSSR count). The normalized spacial score (nSPS) is 16.4. The predicted octanol–water partition coefficient (Wildman–Crippen LogP) is 3.05. The van der Waals surface area contributed by atoms with Crippen LogP contribution in [0.2, 0.25) is 0 Å². The lowest BCUT2D eigenvalue weighted by molar-refractivity contribution is 0.0983. The molecule has 1 unspecified atom stereocenters. The van der Waals surface area contributed by atoms with Crippen molar-refractivity contribution in [3.8, 4) is 6.07 Å². The Bertz CT molecular complexity index is 761. The summed E-state index contributed by atoms with van der Waals surface area (Å²) in [5, 5.41) is 12.3. The molecule has 2 heterocycles. The average Bonchev–Trinajstić information content (AvgIpc) is 2.60. The highest BCUT2D eigenvalue weighted by Gasteiger charge is 2.30. The maximum Gasteiger partial charge on any atom is 0.259 e. The van der Waals surface area contributed by atoms with E-state index in [2.05, 4.69) is 24.1 Å². The van der Waals surface area contributed by atoms with Gasteiger partial charge < -0.3 is 10.2 Å². The third-order valence-corrected chi connectivity index (χ3v) is 4.09. The number of nitrogens with zero attached hydrogens (tertiary/aromatic N) is 3. The number of rotatable bonds is 2. The van der Waals surface area contributed by atoms with E-state index in [0.29, 0.717) is 23.7 Å². The van der Waals surface area contributed by atoms with E-state index in [9.17, 15) is 4.79 Å². The number of nitriles is 1. The number of aromatic nitrogens is 1. The van der Waals surface area contributed by atoms with Crippen molar-refractivity contribution in [2.45, 2.75) is 19.9 Å². The molecule has 0 spiro atoms. The van der Waals surface area contributed by atoms with Crippen molar-refractivity contribution < 1.29 is 4.79 Å². The van der Waals surface area contributed by atoms with Gasteiger partial charge >= 0.3 is 0 Å². The number of amides is 1. The number of fused-ring (bicyclic) bond motifs is 1. The maximum absolute atomic E-state index is 12.9. The number of benzene rings is 1. The Morgan fingerprint density at radius 3 is 2.78 bits per heavy atom. The van der Waals surface area contributed by atoms with Crippen LogP contribution in [0, 0.1) is 17.2 Å². The van der Waals surface area contributed by atoms with Crippen LogP contribution in [0.5, 0.6) is 0 Å². The van der Waals surface area contributed by atoms with Crippen molar-refractivity contribution in [1.29, 1.82) is 5.26 Å². The quantitative estimate of drug-likeness (QED) is 0.926.